The standard InChI is InChI=1S/C26H27N3O2/c1-19-17-21-10-5-11-22-24(21)29(19)18-23(25(22)30)26(31)28-15-13-27(14-16-28)12-6-9-20-7-3-2-4-8-20/h2-11,18-19H,12-17H2,1H3. The fourth-order valence-corrected chi connectivity index (χ4v) is 4.77. The number of hydrogen-bond donors (Lipinski definition) is 0. The van der Waals surface area contributed by atoms with E-state index in [1.807, 2.05) is 35.2 Å². The molecule has 0 saturated carbocycles. The summed E-state index contributed by atoms with van der Waals surface area (Å²) < 4.78 is 2.12. The lowest BCUT2D eigenvalue weighted by Gasteiger charge is -2.34. The monoisotopic (exact) mass is 413 g/mol. The van der Waals surface area contributed by atoms with Crippen LogP contribution in [0.4, 0.5) is 0 Å². The van der Waals surface area contributed by atoms with Crippen LogP contribution < -0.4 is 5.43 Å². The van der Waals surface area contributed by atoms with Crippen LogP contribution in [0.2, 0.25) is 0 Å². The smallest absolute Gasteiger partial charge is 0.259 e. The van der Waals surface area contributed by atoms with E-state index in [9.17, 15) is 9.59 Å². The third-order valence-corrected chi connectivity index (χ3v) is 6.49. The lowest BCUT2D eigenvalue weighted by molar-refractivity contribution is 0.0648. The maximum absolute atomic E-state index is 13.2. The summed E-state index contributed by atoms with van der Waals surface area (Å²) >= 11 is 0. The van der Waals surface area contributed by atoms with E-state index in [4.69, 9.17) is 0 Å². The van der Waals surface area contributed by atoms with Crippen molar-refractivity contribution in [3.05, 3.63) is 87.7 Å². The van der Waals surface area contributed by atoms with Gasteiger partial charge < -0.3 is 9.47 Å². The Morgan fingerprint density at radius 1 is 1.03 bits per heavy atom. The van der Waals surface area contributed by atoms with Gasteiger partial charge in [0.2, 0.25) is 5.43 Å². The van der Waals surface area contributed by atoms with Crippen LogP contribution in [0.3, 0.4) is 0 Å². The van der Waals surface area contributed by atoms with E-state index < -0.39 is 0 Å². The van der Waals surface area contributed by atoms with Gasteiger partial charge in [0.05, 0.1) is 5.52 Å². The summed E-state index contributed by atoms with van der Waals surface area (Å²) in [4.78, 5) is 30.5. The van der Waals surface area contributed by atoms with Gasteiger partial charge in [0, 0.05) is 50.3 Å². The van der Waals surface area contributed by atoms with Crippen LogP contribution in [-0.4, -0.2) is 53.0 Å². The van der Waals surface area contributed by atoms with E-state index in [2.05, 4.69) is 46.7 Å². The second kappa shape index (κ2) is 8.16. The highest BCUT2D eigenvalue weighted by molar-refractivity contribution is 5.98. The second-order valence-electron chi connectivity index (χ2n) is 8.55. The molecule has 5 nitrogen and oxygen atoms in total. The van der Waals surface area contributed by atoms with Crippen molar-refractivity contribution in [3.63, 3.8) is 0 Å². The molecule has 0 bridgehead atoms. The molecule has 158 valence electrons. The van der Waals surface area contributed by atoms with Gasteiger partial charge in [-0.2, -0.15) is 0 Å². The molecule has 1 atom stereocenters. The first-order valence-electron chi connectivity index (χ1n) is 11.0. The molecule has 1 saturated heterocycles. The molecule has 1 unspecified atom stereocenters. The quantitative estimate of drug-likeness (QED) is 0.657. The Morgan fingerprint density at radius 2 is 1.81 bits per heavy atom. The van der Waals surface area contributed by atoms with Gasteiger partial charge in [-0.15, -0.1) is 0 Å². The van der Waals surface area contributed by atoms with E-state index in [1.54, 1.807) is 6.20 Å². The summed E-state index contributed by atoms with van der Waals surface area (Å²) in [6.07, 6.45) is 7.00. The van der Waals surface area contributed by atoms with E-state index in [0.717, 1.165) is 31.6 Å². The Hall–Kier alpha value is -3.18. The molecule has 0 aliphatic carbocycles. The van der Waals surface area contributed by atoms with Crippen molar-refractivity contribution >= 4 is 22.9 Å². The molecule has 3 heterocycles. The maximum Gasteiger partial charge on any atom is 0.259 e. The molecule has 1 fully saturated rings. The lowest BCUT2D eigenvalue weighted by Crippen LogP contribution is -2.49. The minimum absolute atomic E-state index is 0.138. The number of piperazine rings is 1. The molecule has 5 rings (SSSR count). The van der Waals surface area contributed by atoms with Gasteiger partial charge in [0.15, 0.2) is 0 Å². The van der Waals surface area contributed by atoms with Crippen molar-refractivity contribution in [2.75, 3.05) is 32.7 Å². The Labute approximate surface area is 182 Å². The number of nitrogens with zero attached hydrogens (tertiary/aromatic N) is 3. The van der Waals surface area contributed by atoms with Gasteiger partial charge in [-0.25, -0.2) is 0 Å². The topological polar surface area (TPSA) is 45.6 Å². The molecule has 3 aromatic rings. The van der Waals surface area contributed by atoms with Crippen LogP contribution in [-0.2, 0) is 6.42 Å². The summed E-state index contributed by atoms with van der Waals surface area (Å²) in [6.45, 7) is 5.91. The molecule has 1 amide bonds. The zero-order chi connectivity index (χ0) is 21.4. The molecule has 0 radical (unpaired) electrons. The van der Waals surface area contributed by atoms with Gasteiger partial charge in [-0.1, -0.05) is 54.6 Å². The van der Waals surface area contributed by atoms with E-state index in [-0.39, 0.29) is 17.4 Å². The van der Waals surface area contributed by atoms with Crippen LogP contribution in [0.5, 0.6) is 0 Å². The average Bonchev–Trinajstić information content (AvgIpc) is 3.13. The van der Waals surface area contributed by atoms with Crippen LogP contribution in [0.25, 0.3) is 17.0 Å². The van der Waals surface area contributed by atoms with Crippen LogP contribution in [0.15, 0.2) is 65.6 Å². The van der Waals surface area contributed by atoms with Crippen molar-refractivity contribution in [1.29, 1.82) is 0 Å². The van der Waals surface area contributed by atoms with E-state index >= 15 is 0 Å². The van der Waals surface area contributed by atoms with Crippen molar-refractivity contribution in [2.45, 2.75) is 19.4 Å². The summed E-state index contributed by atoms with van der Waals surface area (Å²) in [5.74, 6) is -0.139. The molecule has 2 aliphatic heterocycles. The molecular formula is C26H27N3O2. The largest absolute Gasteiger partial charge is 0.343 e. The van der Waals surface area contributed by atoms with Gasteiger partial charge in [-0.3, -0.25) is 14.5 Å². The second-order valence-corrected chi connectivity index (χ2v) is 8.55. The first kappa shape index (κ1) is 19.8. The Morgan fingerprint density at radius 3 is 2.58 bits per heavy atom. The van der Waals surface area contributed by atoms with E-state index in [0.29, 0.717) is 24.0 Å². The molecular weight excluding hydrogens is 386 g/mol. The van der Waals surface area contributed by atoms with Crippen molar-refractivity contribution in [3.8, 4) is 0 Å². The number of aromatic nitrogens is 1. The van der Waals surface area contributed by atoms with Gasteiger partial charge in [0.1, 0.15) is 5.56 Å². The maximum atomic E-state index is 13.2. The summed E-state index contributed by atoms with van der Waals surface area (Å²) in [6, 6.07) is 16.4. The number of pyridine rings is 1. The number of carbonyl (C=O) groups excluding carboxylic acids is 1. The third-order valence-electron chi connectivity index (χ3n) is 6.49. The fraction of sp³-hybridized carbons (Fsp3) is 0.308. The van der Waals surface area contributed by atoms with Crippen molar-refractivity contribution < 1.29 is 4.79 Å². The minimum Gasteiger partial charge on any atom is -0.343 e. The zero-order valence-electron chi connectivity index (χ0n) is 17.8. The minimum atomic E-state index is -0.139. The normalized spacial score (nSPS) is 18.9. The highest BCUT2D eigenvalue weighted by Crippen LogP contribution is 2.31. The number of amides is 1. The van der Waals surface area contributed by atoms with Crippen LogP contribution >= 0.6 is 0 Å². The molecule has 0 N–H and O–H groups in total. The summed E-state index contributed by atoms with van der Waals surface area (Å²) in [5, 5.41) is 0.664. The van der Waals surface area contributed by atoms with Crippen molar-refractivity contribution in [2.24, 2.45) is 0 Å². The molecule has 2 aliphatic rings. The van der Waals surface area contributed by atoms with E-state index in [1.165, 1.54) is 11.1 Å². The number of hydrogen-bond acceptors (Lipinski definition) is 3. The molecule has 5 heteroatoms. The number of carbonyl (C=O) groups is 1. The van der Waals surface area contributed by atoms with Gasteiger partial charge in [-0.05, 0) is 30.5 Å². The number of para-hydroxylation sites is 1. The fourth-order valence-electron chi connectivity index (χ4n) is 4.77. The third kappa shape index (κ3) is 3.70. The SMILES string of the molecule is CC1Cc2cccc3c(=O)c(C(=O)N4CCN(CC=Cc5ccccc5)CC4)cn1c23. The predicted octanol–water partition coefficient (Wildman–Crippen LogP) is 3.59. The lowest BCUT2D eigenvalue weighted by atomic mass is 10.1. The first-order valence-corrected chi connectivity index (χ1v) is 11.0. The van der Waals surface area contributed by atoms with Crippen LogP contribution in [0.1, 0.15) is 34.5 Å². The van der Waals surface area contributed by atoms with Gasteiger partial charge in [0.25, 0.3) is 5.91 Å². The van der Waals surface area contributed by atoms with Gasteiger partial charge >= 0.3 is 0 Å². The Balaban J connectivity index is 1.28. The molecule has 1 aromatic heterocycles. The highest BCUT2D eigenvalue weighted by Gasteiger charge is 2.28. The Kier molecular flexibility index (Phi) is 5.20. The molecule has 0 spiro atoms. The van der Waals surface area contributed by atoms with Crippen LogP contribution in [0, 0.1) is 0 Å². The Bertz CT molecular complexity index is 1200. The molecule has 31 heavy (non-hydrogen) atoms. The predicted molar refractivity (Wildman–Crippen MR) is 124 cm³/mol. The number of benzene rings is 2. The zero-order valence-corrected chi connectivity index (χ0v) is 17.8. The highest BCUT2D eigenvalue weighted by atomic mass is 16.2. The summed E-state index contributed by atoms with van der Waals surface area (Å²) in [5.41, 5.74) is 3.54. The van der Waals surface area contributed by atoms with Crippen molar-refractivity contribution in [1.82, 2.24) is 14.4 Å². The average molecular weight is 414 g/mol. The summed E-state index contributed by atoms with van der Waals surface area (Å²) in [7, 11) is 0. The first-order chi connectivity index (χ1) is 15.1. The molecule has 2 aromatic carbocycles. The number of rotatable bonds is 4.